The molecule has 0 saturated heterocycles. The molecular weight excluding hydrogens is 373 g/mol. The van der Waals surface area contributed by atoms with Gasteiger partial charge in [0.2, 0.25) is 0 Å². The molecule has 0 aliphatic rings. The summed E-state index contributed by atoms with van der Waals surface area (Å²) in [5, 5.41) is 20.4. The summed E-state index contributed by atoms with van der Waals surface area (Å²) in [6.45, 7) is 1.99. The van der Waals surface area contributed by atoms with Crippen LogP contribution in [0.5, 0.6) is 5.75 Å². The van der Waals surface area contributed by atoms with E-state index in [9.17, 15) is 18.0 Å². The molecule has 5 nitrogen and oxygen atoms in total. The van der Waals surface area contributed by atoms with Gasteiger partial charge in [0.15, 0.2) is 0 Å². The van der Waals surface area contributed by atoms with Crippen LogP contribution in [0.4, 0.5) is 18.9 Å². The van der Waals surface area contributed by atoms with Crippen molar-refractivity contribution in [2.75, 3.05) is 18.5 Å². The Balaban J connectivity index is 2.41. The van der Waals surface area contributed by atoms with Crippen LogP contribution < -0.4 is 10.1 Å². The van der Waals surface area contributed by atoms with Crippen molar-refractivity contribution >= 4 is 11.6 Å². The van der Waals surface area contributed by atoms with Crippen LogP contribution in [-0.2, 0) is 12.6 Å². The molecular formula is C20H19F3N2O3. The second kappa shape index (κ2) is 9.24. The molecule has 0 fully saturated rings. The van der Waals surface area contributed by atoms with Gasteiger partial charge in [0.25, 0.3) is 5.91 Å². The van der Waals surface area contributed by atoms with E-state index in [1.54, 1.807) is 25.1 Å². The van der Waals surface area contributed by atoms with Crippen molar-refractivity contribution in [3.8, 4) is 11.8 Å². The fourth-order valence-electron chi connectivity index (χ4n) is 2.74. The molecule has 148 valence electrons. The minimum atomic E-state index is -4.72. The summed E-state index contributed by atoms with van der Waals surface area (Å²) < 4.78 is 44.9. The zero-order valence-electron chi connectivity index (χ0n) is 15.1. The zero-order valence-corrected chi connectivity index (χ0v) is 15.1. The van der Waals surface area contributed by atoms with E-state index >= 15 is 0 Å². The number of carbonyl (C=O) groups excluding carboxylic acids is 1. The molecule has 0 unspecified atom stereocenters. The van der Waals surface area contributed by atoms with Crippen LogP contribution in [-0.4, -0.2) is 24.2 Å². The first-order chi connectivity index (χ1) is 13.3. The van der Waals surface area contributed by atoms with Crippen molar-refractivity contribution in [3.05, 3.63) is 58.7 Å². The van der Waals surface area contributed by atoms with Gasteiger partial charge in [-0.3, -0.25) is 4.79 Å². The smallest absolute Gasteiger partial charge is 0.417 e. The highest BCUT2D eigenvalue weighted by atomic mass is 19.4. The zero-order chi connectivity index (χ0) is 20.7. The maximum absolute atomic E-state index is 13.1. The molecule has 1 amide bonds. The minimum absolute atomic E-state index is 0.0650. The van der Waals surface area contributed by atoms with Crippen molar-refractivity contribution in [3.63, 3.8) is 0 Å². The van der Waals surface area contributed by atoms with Crippen LogP contribution in [0.1, 0.15) is 40.4 Å². The topological polar surface area (TPSA) is 82.3 Å². The molecule has 0 saturated carbocycles. The van der Waals surface area contributed by atoms with Crippen LogP contribution in [0, 0.1) is 11.3 Å². The molecule has 8 heteroatoms. The number of hydrogen-bond donors (Lipinski definition) is 2. The number of nitrogens with zero attached hydrogens (tertiary/aromatic N) is 1. The summed E-state index contributed by atoms with van der Waals surface area (Å²) in [6.07, 6.45) is -3.90. The van der Waals surface area contributed by atoms with Crippen LogP contribution in [0.15, 0.2) is 36.4 Å². The first kappa shape index (κ1) is 21.3. The SMILES string of the molecule is CCOc1cccc(CCCO)c1C(=O)Nc1ccc(C#N)c(C(F)(F)F)c1. The maximum atomic E-state index is 13.1. The largest absolute Gasteiger partial charge is 0.493 e. The molecule has 0 bridgehead atoms. The standard InChI is InChI=1S/C20H19F3N2O3/c1-2-28-17-7-3-5-13(6-4-10-26)18(17)19(27)25-15-9-8-14(12-24)16(11-15)20(21,22)23/h3,5,7-9,11,26H,2,4,6,10H2,1H3,(H,25,27). The molecule has 0 heterocycles. The lowest BCUT2D eigenvalue weighted by atomic mass is 10.0. The highest BCUT2D eigenvalue weighted by Crippen LogP contribution is 2.34. The van der Waals surface area contributed by atoms with E-state index in [4.69, 9.17) is 15.1 Å². The molecule has 0 radical (unpaired) electrons. The molecule has 0 aromatic heterocycles. The monoisotopic (exact) mass is 392 g/mol. The Morgan fingerprint density at radius 1 is 1.29 bits per heavy atom. The first-order valence-electron chi connectivity index (χ1n) is 8.60. The van der Waals surface area contributed by atoms with Crippen molar-refractivity contribution in [2.24, 2.45) is 0 Å². The van der Waals surface area contributed by atoms with E-state index in [2.05, 4.69) is 5.32 Å². The van der Waals surface area contributed by atoms with E-state index in [0.717, 1.165) is 12.1 Å². The number of nitriles is 1. The quantitative estimate of drug-likeness (QED) is 0.742. The Kier molecular flexibility index (Phi) is 7.01. The van der Waals surface area contributed by atoms with Crippen LogP contribution in [0.3, 0.4) is 0 Å². The number of amides is 1. The molecule has 2 N–H and O–H groups in total. The number of benzene rings is 2. The number of ether oxygens (including phenoxy) is 1. The van der Waals surface area contributed by atoms with Gasteiger partial charge < -0.3 is 15.2 Å². The second-order valence-electron chi connectivity index (χ2n) is 5.87. The summed E-state index contributed by atoms with van der Waals surface area (Å²) in [6, 6.07) is 9.48. The number of carbonyl (C=O) groups is 1. The first-order valence-corrected chi connectivity index (χ1v) is 8.60. The molecule has 2 aromatic carbocycles. The number of aryl methyl sites for hydroxylation is 1. The number of nitrogens with one attached hydrogen (secondary N) is 1. The Hall–Kier alpha value is -3.05. The van der Waals surface area contributed by atoms with E-state index in [-0.39, 0.29) is 17.9 Å². The lowest BCUT2D eigenvalue weighted by Gasteiger charge is -2.16. The summed E-state index contributed by atoms with van der Waals surface area (Å²) in [5.41, 5.74) is -0.913. The van der Waals surface area contributed by atoms with Crippen LogP contribution in [0.2, 0.25) is 0 Å². The molecule has 2 rings (SSSR count). The van der Waals surface area contributed by atoms with Gasteiger partial charge in [-0.05, 0) is 49.6 Å². The van der Waals surface area contributed by atoms with E-state index < -0.39 is 23.2 Å². The van der Waals surface area contributed by atoms with E-state index in [1.807, 2.05) is 0 Å². The fraction of sp³-hybridized carbons (Fsp3) is 0.300. The Morgan fingerprint density at radius 2 is 2.04 bits per heavy atom. The molecule has 28 heavy (non-hydrogen) atoms. The van der Waals surface area contributed by atoms with Gasteiger partial charge in [0.05, 0.1) is 29.4 Å². The fourth-order valence-corrected chi connectivity index (χ4v) is 2.74. The summed E-state index contributed by atoms with van der Waals surface area (Å²) >= 11 is 0. The summed E-state index contributed by atoms with van der Waals surface area (Å²) in [5.74, 6) is -0.324. The van der Waals surface area contributed by atoms with Gasteiger partial charge in [0.1, 0.15) is 5.75 Å². The van der Waals surface area contributed by atoms with E-state index in [1.165, 1.54) is 12.1 Å². The minimum Gasteiger partial charge on any atom is -0.493 e. The van der Waals surface area contributed by atoms with Gasteiger partial charge >= 0.3 is 6.18 Å². The molecule has 0 spiro atoms. The van der Waals surface area contributed by atoms with Gasteiger partial charge in [-0.2, -0.15) is 18.4 Å². The lowest BCUT2D eigenvalue weighted by molar-refractivity contribution is -0.137. The van der Waals surface area contributed by atoms with E-state index in [0.29, 0.717) is 30.8 Å². The average molecular weight is 392 g/mol. The third kappa shape index (κ3) is 5.02. The molecule has 0 aliphatic heterocycles. The van der Waals surface area contributed by atoms with Crippen LogP contribution in [0.25, 0.3) is 0 Å². The molecule has 0 aliphatic carbocycles. The highest BCUT2D eigenvalue weighted by molar-refractivity contribution is 6.07. The molecule has 0 atom stereocenters. The number of anilines is 1. The third-order valence-corrected chi connectivity index (χ3v) is 3.95. The second-order valence-corrected chi connectivity index (χ2v) is 5.87. The summed E-state index contributed by atoms with van der Waals surface area (Å²) in [4.78, 5) is 12.8. The Bertz CT molecular complexity index is 889. The van der Waals surface area contributed by atoms with Crippen molar-refractivity contribution < 1.29 is 27.8 Å². The number of alkyl halides is 3. The molecule has 2 aromatic rings. The van der Waals surface area contributed by atoms with Gasteiger partial charge in [-0.25, -0.2) is 0 Å². The predicted octanol–water partition coefficient (Wildman–Crippen LogP) is 4.15. The summed E-state index contributed by atoms with van der Waals surface area (Å²) in [7, 11) is 0. The van der Waals surface area contributed by atoms with Gasteiger partial charge in [-0.15, -0.1) is 0 Å². The predicted molar refractivity (Wildman–Crippen MR) is 97.1 cm³/mol. The number of rotatable bonds is 7. The van der Waals surface area contributed by atoms with Crippen molar-refractivity contribution in [1.82, 2.24) is 0 Å². The lowest BCUT2D eigenvalue weighted by Crippen LogP contribution is -2.17. The number of aliphatic hydroxyl groups is 1. The average Bonchev–Trinajstić information content (AvgIpc) is 2.65. The highest BCUT2D eigenvalue weighted by Gasteiger charge is 2.34. The maximum Gasteiger partial charge on any atom is 0.417 e. The van der Waals surface area contributed by atoms with Crippen LogP contribution >= 0.6 is 0 Å². The van der Waals surface area contributed by atoms with Gasteiger partial charge in [-0.1, -0.05) is 12.1 Å². The number of halogens is 3. The Morgan fingerprint density at radius 3 is 2.64 bits per heavy atom. The number of hydrogen-bond acceptors (Lipinski definition) is 4. The Labute approximate surface area is 160 Å². The van der Waals surface area contributed by atoms with Crippen molar-refractivity contribution in [2.45, 2.75) is 25.9 Å². The normalized spacial score (nSPS) is 11.0. The van der Waals surface area contributed by atoms with Crippen molar-refractivity contribution in [1.29, 1.82) is 5.26 Å². The van der Waals surface area contributed by atoms with Gasteiger partial charge in [0, 0.05) is 12.3 Å². The third-order valence-electron chi connectivity index (χ3n) is 3.95. The number of aliphatic hydroxyl groups excluding tert-OH is 1.